The van der Waals surface area contributed by atoms with Crippen LogP contribution in [0.1, 0.15) is 38.2 Å². The molecule has 0 fully saturated rings. The summed E-state index contributed by atoms with van der Waals surface area (Å²) >= 11 is 0. The molecule has 1 radical (unpaired) electrons. The van der Waals surface area contributed by atoms with Gasteiger partial charge in [0.25, 0.3) is 0 Å². The van der Waals surface area contributed by atoms with Crippen LogP contribution >= 0.6 is 0 Å². The minimum Gasteiger partial charge on any atom is -0.370 e. The largest absolute Gasteiger partial charge is 0.370 e. The first-order valence-electron chi connectivity index (χ1n) is 7.11. The predicted octanol–water partition coefficient (Wildman–Crippen LogP) is 2.61. The van der Waals surface area contributed by atoms with E-state index in [9.17, 15) is 4.79 Å². The van der Waals surface area contributed by atoms with Gasteiger partial charge in [0.2, 0.25) is 5.91 Å². The number of benzene rings is 1. The van der Waals surface area contributed by atoms with Gasteiger partial charge in [0.1, 0.15) is 0 Å². The average Bonchev–Trinajstić information content (AvgIpc) is 2.42. The van der Waals surface area contributed by atoms with E-state index in [4.69, 9.17) is 5.73 Å². The Kier molecular flexibility index (Phi) is 7.91. The Morgan fingerprint density at radius 3 is 2.53 bits per heavy atom. The number of hydrogen-bond donors (Lipinski definition) is 1. The van der Waals surface area contributed by atoms with Crippen LogP contribution in [-0.2, 0) is 4.79 Å². The molecule has 0 aliphatic heterocycles. The Labute approximate surface area is 116 Å². The van der Waals surface area contributed by atoms with Gasteiger partial charge in [-0.25, -0.2) is 0 Å². The first kappa shape index (κ1) is 15.7. The lowest BCUT2D eigenvalue weighted by Crippen LogP contribution is -2.28. The maximum atomic E-state index is 10.8. The SMILES string of the molecule is CCCCN(C[CH]c1ccccc1)CCCC(N)=O. The monoisotopic (exact) mass is 261 g/mol. The van der Waals surface area contributed by atoms with Crippen LogP contribution in [0.5, 0.6) is 0 Å². The van der Waals surface area contributed by atoms with Crippen molar-refractivity contribution in [1.82, 2.24) is 4.90 Å². The van der Waals surface area contributed by atoms with E-state index in [1.165, 1.54) is 18.4 Å². The molecule has 0 aliphatic carbocycles. The minimum atomic E-state index is -0.206. The molecule has 0 heterocycles. The number of carbonyl (C=O) groups excluding carboxylic acids is 1. The fourth-order valence-electron chi connectivity index (χ4n) is 1.98. The van der Waals surface area contributed by atoms with Gasteiger partial charge in [-0.05, 0) is 31.5 Å². The van der Waals surface area contributed by atoms with Gasteiger partial charge in [0.05, 0.1) is 0 Å². The number of primary amides is 1. The molecule has 19 heavy (non-hydrogen) atoms. The summed E-state index contributed by atoms with van der Waals surface area (Å²) < 4.78 is 0. The standard InChI is InChI=1S/C16H25N2O/c1-2-3-12-18(13-7-10-16(17)19)14-11-15-8-5-4-6-9-15/h4-6,8-9,11H,2-3,7,10,12-14H2,1H3,(H2,17,19). The first-order chi connectivity index (χ1) is 9.22. The number of carbonyl (C=O) groups is 1. The molecule has 0 aliphatic rings. The topological polar surface area (TPSA) is 46.3 Å². The van der Waals surface area contributed by atoms with Crippen LogP contribution < -0.4 is 5.73 Å². The predicted molar refractivity (Wildman–Crippen MR) is 79.6 cm³/mol. The summed E-state index contributed by atoms with van der Waals surface area (Å²) in [6.45, 7) is 5.15. The van der Waals surface area contributed by atoms with Crippen molar-refractivity contribution in [2.75, 3.05) is 19.6 Å². The van der Waals surface area contributed by atoms with Crippen molar-refractivity contribution in [2.45, 2.75) is 32.6 Å². The normalized spacial score (nSPS) is 10.8. The van der Waals surface area contributed by atoms with Gasteiger partial charge in [-0.3, -0.25) is 4.79 Å². The summed E-state index contributed by atoms with van der Waals surface area (Å²) in [5.41, 5.74) is 6.43. The molecule has 2 N–H and O–H groups in total. The van der Waals surface area contributed by atoms with Gasteiger partial charge < -0.3 is 10.6 Å². The van der Waals surface area contributed by atoms with E-state index in [0.29, 0.717) is 6.42 Å². The van der Waals surface area contributed by atoms with Crippen molar-refractivity contribution in [3.05, 3.63) is 42.3 Å². The molecule has 1 rings (SSSR count). The fourth-order valence-corrected chi connectivity index (χ4v) is 1.98. The molecular formula is C16H25N2O. The quantitative estimate of drug-likeness (QED) is 0.703. The maximum absolute atomic E-state index is 10.8. The minimum absolute atomic E-state index is 0.206. The molecule has 0 saturated carbocycles. The molecule has 0 aromatic heterocycles. The Morgan fingerprint density at radius 1 is 1.21 bits per heavy atom. The van der Waals surface area contributed by atoms with Crippen molar-refractivity contribution >= 4 is 5.91 Å². The highest BCUT2D eigenvalue weighted by atomic mass is 16.1. The van der Waals surface area contributed by atoms with Crippen LogP contribution in [0.25, 0.3) is 0 Å². The smallest absolute Gasteiger partial charge is 0.217 e. The lowest BCUT2D eigenvalue weighted by molar-refractivity contribution is -0.118. The Balaban J connectivity index is 2.33. The third-order valence-corrected chi connectivity index (χ3v) is 3.11. The van der Waals surface area contributed by atoms with Crippen LogP contribution in [-0.4, -0.2) is 30.4 Å². The molecular weight excluding hydrogens is 236 g/mol. The summed E-state index contributed by atoms with van der Waals surface area (Å²) in [6.07, 6.45) is 5.95. The van der Waals surface area contributed by atoms with Crippen LogP contribution in [0.15, 0.2) is 30.3 Å². The van der Waals surface area contributed by atoms with Crippen LogP contribution in [0.2, 0.25) is 0 Å². The maximum Gasteiger partial charge on any atom is 0.217 e. The van der Waals surface area contributed by atoms with Crippen LogP contribution in [0, 0.1) is 6.42 Å². The summed E-state index contributed by atoms with van der Waals surface area (Å²) in [6, 6.07) is 10.4. The molecule has 105 valence electrons. The number of nitrogens with two attached hydrogens (primary N) is 1. The van der Waals surface area contributed by atoms with E-state index in [1.807, 2.05) is 6.07 Å². The van der Waals surface area contributed by atoms with Crippen LogP contribution in [0.3, 0.4) is 0 Å². The lowest BCUT2D eigenvalue weighted by Gasteiger charge is -2.21. The second kappa shape index (κ2) is 9.56. The van der Waals surface area contributed by atoms with Gasteiger partial charge in [-0.15, -0.1) is 0 Å². The summed E-state index contributed by atoms with van der Waals surface area (Å²) in [7, 11) is 0. The van der Waals surface area contributed by atoms with E-state index in [1.54, 1.807) is 0 Å². The van der Waals surface area contributed by atoms with Gasteiger partial charge in [-0.2, -0.15) is 0 Å². The van der Waals surface area contributed by atoms with Gasteiger partial charge in [0, 0.05) is 19.4 Å². The number of hydrogen-bond acceptors (Lipinski definition) is 2. The highest BCUT2D eigenvalue weighted by Crippen LogP contribution is 2.06. The number of unbranched alkanes of at least 4 members (excludes halogenated alkanes) is 1. The molecule has 3 heteroatoms. The molecule has 3 nitrogen and oxygen atoms in total. The third kappa shape index (κ3) is 7.62. The van der Waals surface area contributed by atoms with Crippen molar-refractivity contribution in [3.8, 4) is 0 Å². The number of rotatable bonds is 10. The summed E-state index contributed by atoms with van der Waals surface area (Å²) in [5, 5.41) is 0. The molecule has 1 amide bonds. The zero-order chi connectivity index (χ0) is 13.9. The second-order valence-corrected chi connectivity index (χ2v) is 4.84. The Bertz CT molecular complexity index is 351. The van der Waals surface area contributed by atoms with E-state index in [-0.39, 0.29) is 5.91 Å². The Hall–Kier alpha value is -1.35. The third-order valence-electron chi connectivity index (χ3n) is 3.11. The van der Waals surface area contributed by atoms with Crippen molar-refractivity contribution < 1.29 is 4.79 Å². The second-order valence-electron chi connectivity index (χ2n) is 4.84. The summed E-state index contributed by atoms with van der Waals surface area (Å²) in [4.78, 5) is 13.2. The van der Waals surface area contributed by atoms with E-state index in [0.717, 1.165) is 26.1 Å². The summed E-state index contributed by atoms with van der Waals surface area (Å²) in [5.74, 6) is -0.206. The zero-order valence-corrected chi connectivity index (χ0v) is 11.8. The van der Waals surface area contributed by atoms with Gasteiger partial charge in [0.15, 0.2) is 0 Å². The van der Waals surface area contributed by atoms with E-state index >= 15 is 0 Å². The molecule has 0 saturated heterocycles. The Morgan fingerprint density at radius 2 is 1.89 bits per heavy atom. The molecule has 1 aromatic rings. The van der Waals surface area contributed by atoms with Crippen LogP contribution in [0.4, 0.5) is 0 Å². The number of amides is 1. The van der Waals surface area contributed by atoms with E-state index in [2.05, 4.69) is 42.5 Å². The lowest BCUT2D eigenvalue weighted by atomic mass is 10.1. The highest BCUT2D eigenvalue weighted by molar-refractivity contribution is 5.73. The highest BCUT2D eigenvalue weighted by Gasteiger charge is 2.06. The fraction of sp³-hybridized carbons (Fsp3) is 0.500. The zero-order valence-electron chi connectivity index (χ0n) is 11.8. The molecule has 1 aromatic carbocycles. The van der Waals surface area contributed by atoms with E-state index < -0.39 is 0 Å². The average molecular weight is 261 g/mol. The molecule has 0 bridgehead atoms. The first-order valence-corrected chi connectivity index (χ1v) is 7.11. The van der Waals surface area contributed by atoms with Crippen molar-refractivity contribution in [2.24, 2.45) is 5.73 Å². The molecule has 0 unspecified atom stereocenters. The molecule has 0 atom stereocenters. The number of nitrogens with zero attached hydrogens (tertiary/aromatic N) is 1. The molecule has 0 spiro atoms. The van der Waals surface area contributed by atoms with Crippen molar-refractivity contribution in [1.29, 1.82) is 0 Å². The van der Waals surface area contributed by atoms with Gasteiger partial charge in [-0.1, -0.05) is 43.7 Å². The van der Waals surface area contributed by atoms with Gasteiger partial charge >= 0.3 is 0 Å². The van der Waals surface area contributed by atoms with Crippen molar-refractivity contribution in [3.63, 3.8) is 0 Å².